The highest BCUT2D eigenvalue weighted by Gasteiger charge is 2.31. The lowest BCUT2D eigenvalue weighted by Gasteiger charge is -2.25. The summed E-state index contributed by atoms with van der Waals surface area (Å²) in [5.74, 6) is -0.948. The third-order valence-corrected chi connectivity index (χ3v) is 7.15. The van der Waals surface area contributed by atoms with Gasteiger partial charge in [-0.25, -0.2) is 4.79 Å². The second kappa shape index (κ2) is 10.7. The van der Waals surface area contributed by atoms with Crippen LogP contribution < -0.4 is 5.32 Å². The summed E-state index contributed by atoms with van der Waals surface area (Å²) < 4.78 is 5.63. The molecule has 0 spiro atoms. The summed E-state index contributed by atoms with van der Waals surface area (Å²) in [6, 6.07) is 16.4. The zero-order chi connectivity index (χ0) is 24.1. The van der Waals surface area contributed by atoms with Crippen molar-refractivity contribution in [2.45, 2.75) is 38.0 Å². The van der Waals surface area contributed by atoms with E-state index < -0.39 is 12.1 Å². The number of hydrogen-bond donors (Lipinski definition) is 2. The maximum Gasteiger partial charge on any atom is 0.407 e. The van der Waals surface area contributed by atoms with Gasteiger partial charge in [0.05, 0.1) is 0 Å². The zero-order valence-electron chi connectivity index (χ0n) is 19.5. The molecular weight excluding hydrogens is 432 g/mol. The van der Waals surface area contributed by atoms with E-state index in [-0.39, 0.29) is 37.3 Å². The van der Waals surface area contributed by atoms with Crippen molar-refractivity contribution in [1.82, 2.24) is 10.2 Å². The second-order valence-corrected chi connectivity index (χ2v) is 9.36. The van der Waals surface area contributed by atoms with Crippen molar-refractivity contribution in [2.24, 2.45) is 11.8 Å². The Morgan fingerprint density at radius 1 is 1.03 bits per heavy atom. The molecule has 2 aromatic carbocycles. The van der Waals surface area contributed by atoms with Crippen molar-refractivity contribution in [1.29, 1.82) is 0 Å². The first-order valence-corrected chi connectivity index (χ1v) is 12.0. The number of ether oxygens (including phenoxy) is 1. The molecule has 2 aromatic rings. The normalized spacial score (nSPS) is 15.9. The van der Waals surface area contributed by atoms with Gasteiger partial charge in [-0.2, -0.15) is 0 Å². The van der Waals surface area contributed by atoms with Crippen LogP contribution >= 0.6 is 0 Å². The number of amides is 2. The van der Waals surface area contributed by atoms with Crippen LogP contribution in [0, 0.1) is 11.8 Å². The van der Waals surface area contributed by atoms with Crippen LogP contribution in [0.15, 0.2) is 48.5 Å². The number of aliphatic carboxylic acids is 1. The second-order valence-electron chi connectivity index (χ2n) is 9.36. The Morgan fingerprint density at radius 3 is 2.21 bits per heavy atom. The standard InChI is InChI=1S/C27H32N2O5/c1-29(16-26(31)32)25(30)14-19(18-8-2-3-9-18)15-28-27(33)34-17-24-22-12-6-4-10-20(22)21-11-5-7-13-23(21)24/h4-7,10-13,18-19,24H,2-3,8-9,14-17H2,1H3,(H,28,33)(H,31,32). The minimum absolute atomic E-state index is 0.00461. The number of carbonyl (C=O) groups excluding carboxylic acids is 2. The molecule has 180 valence electrons. The summed E-state index contributed by atoms with van der Waals surface area (Å²) in [6.45, 7) is 0.262. The lowest BCUT2D eigenvalue weighted by atomic mass is 9.87. The molecule has 0 aromatic heterocycles. The average molecular weight is 465 g/mol. The molecular formula is C27H32N2O5. The Labute approximate surface area is 200 Å². The fourth-order valence-corrected chi connectivity index (χ4v) is 5.37. The maximum atomic E-state index is 12.6. The van der Waals surface area contributed by atoms with Gasteiger partial charge in [-0.3, -0.25) is 9.59 Å². The van der Waals surface area contributed by atoms with Gasteiger partial charge in [-0.05, 0) is 34.1 Å². The first-order valence-electron chi connectivity index (χ1n) is 12.0. The number of carboxylic acid groups (broad SMARTS) is 1. The number of carbonyl (C=O) groups is 3. The number of nitrogens with one attached hydrogen (secondary N) is 1. The third kappa shape index (κ3) is 5.41. The van der Waals surface area contributed by atoms with Gasteiger partial charge >= 0.3 is 12.1 Å². The molecule has 2 N–H and O–H groups in total. The Bertz CT molecular complexity index is 1000. The predicted octanol–water partition coefficient (Wildman–Crippen LogP) is 4.26. The molecule has 0 aliphatic heterocycles. The fourth-order valence-electron chi connectivity index (χ4n) is 5.37. The van der Waals surface area contributed by atoms with Crippen molar-refractivity contribution in [2.75, 3.05) is 26.7 Å². The summed E-state index contributed by atoms with van der Waals surface area (Å²) in [7, 11) is 1.50. The van der Waals surface area contributed by atoms with Gasteiger partial charge in [-0.15, -0.1) is 0 Å². The number of alkyl carbamates (subject to hydrolysis) is 1. The third-order valence-electron chi connectivity index (χ3n) is 7.15. The molecule has 0 heterocycles. The van der Waals surface area contributed by atoms with Gasteiger partial charge in [0.25, 0.3) is 0 Å². The number of benzene rings is 2. The minimum Gasteiger partial charge on any atom is -0.480 e. The van der Waals surface area contributed by atoms with Gasteiger partial charge in [0, 0.05) is 25.9 Å². The van der Waals surface area contributed by atoms with Crippen LogP contribution in [0.25, 0.3) is 11.1 Å². The number of rotatable bonds is 9. The van der Waals surface area contributed by atoms with Crippen LogP contribution in [0.1, 0.15) is 49.1 Å². The van der Waals surface area contributed by atoms with Crippen molar-refractivity contribution in [3.05, 3.63) is 59.7 Å². The van der Waals surface area contributed by atoms with Crippen LogP contribution in [0.2, 0.25) is 0 Å². The molecule has 1 saturated carbocycles. The van der Waals surface area contributed by atoms with E-state index in [9.17, 15) is 14.4 Å². The summed E-state index contributed by atoms with van der Waals surface area (Å²) in [4.78, 5) is 37.3. The smallest absolute Gasteiger partial charge is 0.407 e. The zero-order valence-corrected chi connectivity index (χ0v) is 19.5. The van der Waals surface area contributed by atoms with Gasteiger partial charge in [-0.1, -0.05) is 74.2 Å². The molecule has 4 rings (SSSR count). The number of likely N-dealkylation sites (N-methyl/N-ethyl adjacent to an activating group) is 1. The number of carboxylic acids is 1. The van der Waals surface area contributed by atoms with Crippen molar-refractivity contribution in [3.8, 4) is 11.1 Å². The molecule has 0 saturated heterocycles. The minimum atomic E-state index is -1.04. The van der Waals surface area contributed by atoms with Crippen molar-refractivity contribution < 1.29 is 24.2 Å². The summed E-state index contributed by atoms with van der Waals surface area (Å²) in [6.07, 6.45) is 4.00. The van der Waals surface area contributed by atoms with Crippen LogP contribution in [-0.4, -0.2) is 54.7 Å². The van der Waals surface area contributed by atoms with Crippen molar-refractivity contribution >= 4 is 18.0 Å². The lowest BCUT2D eigenvalue weighted by molar-refractivity contribution is -0.143. The lowest BCUT2D eigenvalue weighted by Crippen LogP contribution is -2.38. The van der Waals surface area contributed by atoms with Gasteiger partial charge in [0.2, 0.25) is 5.91 Å². The molecule has 7 heteroatoms. The largest absolute Gasteiger partial charge is 0.480 e. The molecule has 0 bridgehead atoms. The Balaban J connectivity index is 1.34. The number of fused-ring (bicyclic) bond motifs is 3. The first kappa shape index (κ1) is 23.8. The topological polar surface area (TPSA) is 95.9 Å². The molecule has 0 radical (unpaired) electrons. The van der Waals surface area contributed by atoms with Gasteiger partial charge in [0.15, 0.2) is 0 Å². The van der Waals surface area contributed by atoms with E-state index in [0.29, 0.717) is 12.5 Å². The van der Waals surface area contributed by atoms with Crippen LogP contribution in [-0.2, 0) is 14.3 Å². The molecule has 2 aliphatic carbocycles. The molecule has 2 aliphatic rings. The van der Waals surface area contributed by atoms with E-state index in [1.54, 1.807) is 0 Å². The van der Waals surface area contributed by atoms with E-state index in [2.05, 4.69) is 29.6 Å². The SMILES string of the molecule is CN(CC(=O)O)C(=O)CC(CNC(=O)OCC1c2ccccc2-c2ccccc21)C1CCCC1. The van der Waals surface area contributed by atoms with Crippen molar-refractivity contribution in [3.63, 3.8) is 0 Å². The van der Waals surface area contributed by atoms with Crippen LogP contribution in [0.5, 0.6) is 0 Å². The molecule has 2 amide bonds. The Hall–Kier alpha value is -3.35. The number of hydrogen-bond acceptors (Lipinski definition) is 4. The fraction of sp³-hybridized carbons (Fsp3) is 0.444. The first-order chi connectivity index (χ1) is 16.4. The van der Waals surface area contributed by atoms with Gasteiger partial charge < -0.3 is 20.1 Å². The molecule has 34 heavy (non-hydrogen) atoms. The number of nitrogens with zero attached hydrogens (tertiary/aromatic N) is 1. The monoisotopic (exact) mass is 464 g/mol. The Morgan fingerprint density at radius 2 is 1.62 bits per heavy atom. The van der Waals surface area contributed by atoms with Crippen LogP contribution in [0.4, 0.5) is 4.79 Å². The summed E-state index contributed by atoms with van der Waals surface area (Å²) in [5.41, 5.74) is 4.68. The van der Waals surface area contributed by atoms with E-state index in [1.807, 2.05) is 24.3 Å². The van der Waals surface area contributed by atoms with E-state index in [0.717, 1.165) is 36.8 Å². The molecule has 1 unspecified atom stereocenters. The van der Waals surface area contributed by atoms with Gasteiger partial charge in [0.1, 0.15) is 13.2 Å². The van der Waals surface area contributed by atoms with E-state index >= 15 is 0 Å². The quantitative estimate of drug-likeness (QED) is 0.578. The maximum absolute atomic E-state index is 12.6. The highest BCUT2D eigenvalue weighted by molar-refractivity contribution is 5.81. The molecule has 1 fully saturated rings. The highest BCUT2D eigenvalue weighted by Crippen LogP contribution is 2.44. The Kier molecular flexibility index (Phi) is 7.50. The van der Waals surface area contributed by atoms with E-state index in [4.69, 9.17) is 9.84 Å². The van der Waals surface area contributed by atoms with E-state index in [1.165, 1.54) is 23.1 Å². The predicted molar refractivity (Wildman–Crippen MR) is 128 cm³/mol. The molecule has 7 nitrogen and oxygen atoms in total. The van der Waals surface area contributed by atoms with Crippen LogP contribution in [0.3, 0.4) is 0 Å². The average Bonchev–Trinajstić information content (AvgIpc) is 3.47. The highest BCUT2D eigenvalue weighted by atomic mass is 16.5. The summed E-state index contributed by atoms with van der Waals surface area (Å²) >= 11 is 0. The molecule has 1 atom stereocenters. The summed E-state index contributed by atoms with van der Waals surface area (Å²) in [5, 5.41) is 11.8.